The van der Waals surface area contributed by atoms with E-state index in [1.54, 1.807) is 0 Å². The number of hydrogen-bond donors (Lipinski definition) is 0. The Balaban J connectivity index is 4.19. The van der Waals surface area contributed by atoms with Crippen LogP contribution in [0.2, 0.25) is 0 Å². The Morgan fingerprint density at radius 3 is 1.67 bits per heavy atom. The predicted molar refractivity (Wildman–Crippen MR) is 71.1 cm³/mol. The summed E-state index contributed by atoms with van der Waals surface area (Å²) < 4.78 is 0. The molecule has 0 N–H and O–H groups in total. The highest BCUT2D eigenvalue weighted by atomic mass is 14.3. The van der Waals surface area contributed by atoms with E-state index in [2.05, 4.69) is 41.5 Å². The molecule has 0 fully saturated rings. The summed E-state index contributed by atoms with van der Waals surface area (Å²) in [5.41, 5.74) is 0. The third kappa shape index (κ3) is 5.04. The van der Waals surface area contributed by atoms with Crippen molar-refractivity contribution >= 4 is 0 Å². The predicted octanol–water partition coefficient (Wildman–Crippen LogP) is 5.52. The van der Waals surface area contributed by atoms with Gasteiger partial charge >= 0.3 is 0 Å². The molecule has 0 aromatic rings. The van der Waals surface area contributed by atoms with Crippen LogP contribution in [-0.4, -0.2) is 0 Å². The molecule has 0 amide bonds. The third-order valence-electron chi connectivity index (χ3n) is 4.40. The quantitative estimate of drug-likeness (QED) is 0.497. The second-order valence-electron chi connectivity index (χ2n) is 5.44. The maximum atomic E-state index is 2.47. The lowest BCUT2D eigenvalue weighted by Gasteiger charge is -2.32. The van der Waals surface area contributed by atoms with Crippen molar-refractivity contribution in [2.45, 2.75) is 73.6 Å². The van der Waals surface area contributed by atoms with E-state index < -0.39 is 0 Å². The highest BCUT2D eigenvalue weighted by molar-refractivity contribution is 4.74. The highest BCUT2D eigenvalue weighted by Gasteiger charge is 2.24. The summed E-state index contributed by atoms with van der Waals surface area (Å²) >= 11 is 0. The minimum absolute atomic E-state index is 0.890. The van der Waals surface area contributed by atoms with Crippen molar-refractivity contribution in [1.82, 2.24) is 0 Å². The van der Waals surface area contributed by atoms with Crippen molar-refractivity contribution < 1.29 is 0 Å². The zero-order valence-electron chi connectivity index (χ0n) is 11.8. The van der Waals surface area contributed by atoms with Crippen molar-refractivity contribution in [3.8, 4) is 0 Å². The lowest BCUT2D eigenvalue weighted by atomic mass is 9.74. The number of hydrogen-bond acceptors (Lipinski definition) is 0. The summed E-state index contributed by atoms with van der Waals surface area (Å²) in [5, 5.41) is 0. The van der Waals surface area contributed by atoms with Crippen LogP contribution >= 0.6 is 0 Å². The van der Waals surface area contributed by atoms with E-state index in [9.17, 15) is 0 Å². The van der Waals surface area contributed by atoms with Crippen LogP contribution in [-0.2, 0) is 0 Å². The van der Waals surface area contributed by atoms with E-state index in [4.69, 9.17) is 0 Å². The van der Waals surface area contributed by atoms with Crippen molar-refractivity contribution in [2.75, 3.05) is 0 Å². The molecule has 0 rings (SSSR count). The van der Waals surface area contributed by atoms with Gasteiger partial charge in [0, 0.05) is 0 Å². The molecule has 0 aliphatic heterocycles. The van der Waals surface area contributed by atoms with Crippen molar-refractivity contribution in [1.29, 1.82) is 0 Å². The van der Waals surface area contributed by atoms with Crippen LogP contribution in [0.3, 0.4) is 0 Å². The minimum Gasteiger partial charge on any atom is -0.0654 e. The monoisotopic (exact) mass is 212 g/mol. The van der Waals surface area contributed by atoms with E-state index in [-0.39, 0.29) is 0 Å². The third-order valence-corrected chi connectivity index (χ3v) is 4.40. The lowest BCUT2D eigenvalue weighted by molar-refractivity contribution is 0.181. The molecule has 15 heavy (non-hydrogen) atoms. The molecule has 0 heterocycles. The molecule has 0 aliphatic carbocycles. The van der Waals surface area contributed by atoms with Gasteiger partial charge in [-0.15, -0.1) is 0 Å². The van der Waals surface area contributed by atoms with Crippen molar-refractivity contribution in [3.05, 3.63) is 0 Å². The van der Waals surface area contributed by atoms with Crippen molar-refractivity contribution in [3.63, 3.8) is 0 Å². The first-order valence-electron chi connectivity index (χ1n) is 7.08. The van der Waals surface area contributed by atoms with Gasteiger partial charge in [0.1, 0.15) is 0 Å². The van der Waals surface area contributed by atoms with Gasteiger partial charge in [-0.25, -0.2) is 0 Å². The molecular formula is C15H32. The first-order chi connectivity index (χ1) is 7.08. The molecular weight excluding hydrogens is 180 g/mol. The Kier molecular flexibility index (Phi) is 8.19. The van der Waals surface area contributed by atoms with Crippen LogP contribution in [0.1, 0.15) is 73.6 Å². The first kappa shape index (κ1) is 15.0. The molecule has 0 saturated carbocycles. The first-order valence-corrected chi connectivity index (χ1v) is 7.08. The average Bonchev–Trinajstić information content (AvgIpc) is 2.24. The standard InChI is InChI=1S/C15H32/c1-7-10-12(4)13(5)14(6)15(9-3)11-8-2/h12-15H,7-11H2,1-6H3. The van der Waals surface area contributed by atoms with Gasteiger partial charge in [-0.2, -0.15) is 0 Å². The molecule has 4 unspecified atom stereocenters. The fourth-order valence-corrected chi connectivity index (χ4v) is 2.88. The molecule has 0 aromatic carbocycles. The normalized spacial score (nSPS) is 19.6. The van der Waals surface area contributed by atoms with Crippen molar-refractivity contribution in [2.24, 2.45) is 23.7 Å². The van der Waals surface area contributed by atoms with Crippen LogP contribution in [0.15, 0.2) is 0 Å². The minimum atomic E-state index is 0.890. The molecule has 0 saturated heterocycles. The highest BCUT2D eigenvalue weighted by Crippen LogP contribution is 2.33. The van der Waals surface area contributed by atoms with Gasteiger partial charge in [-0.3, -0.25) is 0 Å². The van der Waals surface area contributed by atoms with Crippen LogP contribution in [0, 0.1) is 23.7 Å². The fraction of sp³-hybridized carbons (Fsp3) is 1.00. The van der Waals surface area contributed by atoms with E-state index in [1.807, 2.05) is 0 Å². The van der Waals surface area contributed by atoms with Gasteiger partial charge < -0.3 is 0 Å². The number of rotatable bonds is 8. The van der Waals surface area contributed by atoms with Crippen LogP contribution < -0.4 is 0 Å². The zero-order chi connectivity index (χ0) is 11.8. The lowest BCUT2D eigenvalue weighted by Crippen LogP contribution is -2.23. The average molecular weight is 212 g/mol. The van der Waals surface area contributed by atoms with Crippen LogP contribution in [0.4, 0.5) is 0 Å². The second-order valence-corrected chi connectivity index (χ2v) is 5.44. The Labute approximate surface area is 97.8 Å². The molecule has 0 nitrogen and oxygen atoms in total. The summed E-state index contributed by atoms with van der Waals surface area (Å²) in [6.45, 7) is 14.3. The Morgan fingerprint density at radius 1 is 0.733 bits per heavy atom. The summed E-state index contributed by atoms with van der Waals surface area (Å²) in [7, 11) is 0. The molecule has 0 aromatic heterocycles. The SMILES string of the molecule is CCCC(C)C(C)C(C)C(CC)CCC. The van der Waals surface area contributed by atoms with E-state index >= 15 is 0 Å². The molecule has 0 radical (unpaired) electrons. The molecule has 92 valence electrons. The fourth-order valence-electron chi connectivity index (χ4n) is 2.88. The van der Waals surface area contributed by atoms with Gasteiger partial charge in [-0.05, 0) is 23.7 Å². The Hall–Kier alpha value is 0. The smallest absolute Gasteiger partial charge is 0.0386 e. The molecule has 0 aliphatic rings. The largest absolute Gasteiger partial charge is 0.0654 e. The van der Waals surface area contributed by atoms with Gasteiger partial charge in [0.05, 0.1) is 0 Å². The van der Waals surface area contributed by atoms with Gasteiger partial charge in [0.2, 0.25) is 0 Å². The molecule has 0 bridgehead atoms. The maximum absolute atomic E-state index is 2.47. The summed E-state index contributed by atoms with van der Waals surface area (Å²) in [4.78, 5) is 0. The topological polar surface area (TPSA) is 0 Å². The molecule has 4 atom stereocenters. The zero-order valence-corrected chi connectivity index (χ0v) is 11.8. The van der Waals surface area contributed by atoms with E-state index in [1.165, 1.54) is 32.1 Å². The van der Waals surface area contributed by atoms with Crippen LogP contribution in [0.5, 0.6) is 0 Å². The van der Waals surface area contributed by atoms with E-state index in [0.717, 1.165) is 23.7 Å². The Morgan fingerprint density at radius 2 is 1.27 bits per heavy atom. The van der Waals surface area contributed by atoms with Gasteiger partial charge in [0.15, 0.2) is 0 Å². The Bertz CT molecular complexity index is 139. The summed E-state index contributed by atoms with van der Waals surface area (Å²) in [6.07, 6.45) is 6.85. The second kappa shape index (κ2) is 8.19. The summed E-state index contributed by atoms with van der Waals surface area (Å²) in [5.74, 6) is 3.64. The van der Waals surface area contributed by atoms with E-state index in [0.29, 0.717) is 0 Å². The maximum Gasteiger partial charge on any atom is -0.0386 e. The van der Waals surface area contributed by atoms with Gasteiger partial charge in [0.25, 0.3) is 0 Å². The molecule has 0 heteroatoms. The molecule has 0 spiro atoms. The van der Waals surface area contributed by atoms with Gasteiger partial charge in [-0.1, -0.05) is 73.6 Å². The van der Waals surface area contributed by atoms with Crippen LogP contribution in [0.25, 0.3) is 0 Å². The summed E-state index contributed by atoms with van der Waals surface area (Å²) in [6, 6.07) is 0.